The van der Waals surface area contributed by atoms with Gasteiger partial charge < -0.3 is 34.7 Å². The first-order chi connectivity index (χ1) is 9.63. The molecule has 0 amide bonds. The van der Waals surface area contributed by atoms with E-state index in [0.29, 0.717) is 9.57 Å². The Hall–Kier alpha value is 0.700. The van der Waals surface area contributed by atoms with Gasteiger partial charge in [0.05, 0.1) is 0 Å². The Morgan fingerprint density at radius 3 is 2.76 bits per heavy atom. The summed E-state index contributed by atoms with van der Waals surface area (Å²) in [5, 5.41) is 1.94. The fourth-order valence-corrected chi connectivity index (χ4v) is 4.46. The second-order valence-corrected chi connectivity index (χ2v) is 8.20. The number of aromatic amines is 1. The van der Waals surface area contributed by atoms with Gasteiger partial charge in [-0.1, -0.05) is 20.3 Å². The van der Waals surface area contributed by atoms with Crippen LogP contribution in [0.15, 0.2) is 33.8 Å². The van der Waals surface area contributed by atoms with Crippen LogP contribution in [0.4, 0.5) is 0 Å². The Balaban J connectivity index is 0.00000161. The molecule has 2 nitrogen and oxygen atoms in total. The predicted molar refractivity (Wildman–Crippen MR) is 96.4 cm³/mol. The molecule has 3 rings (SSSR count). The largest absolute Gasteiger partial charge is 1.00 e. The van der Waals surface area contributed by atoms with Gasteiger partial charge in [-0.05, 0) is 31.0 Å². The molecule has 7 heteroatoms. The number of fused-ring (bicyclic) bond motifs is 1. The number of thiocarbonyl (C=S) groups is 1. The van der Waals surface area contributed by atoms with Crippen molar-refractivity contribution in [3.8, 4) is 0 Å². The summed E-state index contributed by atoms with van der Waals surface area (Å²) in [6.45, 7) is 1.98. The van der Waals surface area contributed by atoms with Crippen LogP contribution in [0, 0.1) is 0 Å². The zero-order chi connectivity index (χ0) is 14.1. The summed E-state index contributed by atoms with van der Waals surface area (Å²) in [5.41, 5.74) is 1.19. The number of piperidine rings is 1. The van der Waals surface area contributed by atoms with E-state index >= 15 is 0 Å². The van der Waals surface area contributed by atoms with E-state index in [1.807, 2.05) is 11.8 Å². The monoisotopic (exact) mass is 408 g/mol. The minimum absolute atomic E-state index is 0. The van der Waals surface area contributed by atoms with Crippen LogP contribution >= 0.6 is 39.9 Å². The quantitative estimate of drug-likeness (QED) is 0.458. The second-order valence-electron chi connectivity index (χ2n) is 4.91. The molecule has 1 N–H and O–H groups in total. The molecule has 21 heavy (non-hydrogen) atoms. The van der Waals surface area contributed by atoms with Crippen LogP contribution in [0.5, 0.6) is 0 Å². The summed E-state index contributed by atoms with van der Waals surface area (Å²) < 4.78 is 1.74. The van der Waals surface area contributed by atoms with E-state index in [1.54, 1.807) is 0 Å². The number of rotatable bonds is 2. The van der Waals surface area contributed by atoms with Crippen molar-refractivity contribution < 1.29 is 29.6 Å². The van der Waals surface area contributed by atoms with Crippen molar-refractivity contribution >= 4 is 67.8 Å². The smallest absolute Gasteiger partial charge is 0.411 e. The number of nitrogens with zero attached hydrogens (tertiary/aromatic N) is 1. The van der Waals surface area contributed by atoms with Crippen molar-refractivity contribution in [2.45, 2.75) is 23.0 Å². The Bertz CT molecular complexity index is 638. The minimum atomic E-state index is 0. The number of aromatic nitrogens is 1. The Kier molecular flexibility index (Phi) is 6.87. The molecule has 1 aliphatic rings. The first-order valence-corrected chi connectivity index (χ1v) is 9.01. The maximum absolute atomic E-state index is 5.07. The average molecular weight is 409 g/mol. The van der Waals surface area contributed by atoms with Crippen LogP contribution < -0.4 is 29.6 Å². The summed E-state index contributed by atoms with van der Waals surface area (Å²) in [5.74, 6) is 0. The van der Waals surface area contributed by atoms with Gasteiger partial charge in [-0.3, -0.25) is 0 Å². The molecule has 0 atom stereocenters. The molecule has 1 aromatic heterocycles. The first-order valence-electron chi connectivity index (χ1n) is 6.52. The SMILES string of the molecule is S=C([S-])N1CCC(Sc2c[nH]c3ccc(Br)cc23)CC1.[Na+]. The molecular weight excluding hydrogens is 395 g/mol. The zero-order valence-electron chi connectivity index (χ0n) is 11.8. The van der Waals surface area contributed by atoms with E-state index in [4.69, 9.17) is 24.8 Å². The van der Waals surface area contributed by atoms with E-state index in [-0.39, 0.29) is 29.6 Å². The minimum Gasteiger partial charge on any atom is -0.411 e. The molecule has 1 saturated heterocycles. The van der Waals surface area contributed by atoms with Gasteiger partial charge in [-0.15, -0.1) is 11.8 Å². The number of halogens is 1. The molecule has 106 valence electrons. The third-order valence-electron chi connectivity index (χ3n) is 3.60. The maximum atomic E-state index is 5.07. The Labute approximate surface area is 170 Å². The van der Waals surface area contributed by atoms with Gasteiger partial charge in [0.15, 0.2) is 0 Å². The van der Waals surface area contributed by atoms with Crippen molar-refractivity contribution in [2.24, 2.45) is 0 Å². The second kappa shape index (κ2) is 7.99. The fourth-order valence-electron chi connectivity index (χ4n) is 2.50. The van der Waals surface area contributed by atoms with Gasteiger partial charge in [0.25, 0.3) is 0 Å². The van der Waals surface area contributed by atoms with E-state index in [1.165, 1.54) is 15.8 Å². The first kappa shape index (κ1) is 18.0. The fraction of sp³-hybridized carbons (Fsp3) is 0.357. The van der Waals surface area contributed by atoms with Crippen molar-refractivity contribution in [3.05, 3.63) is 28.9 Å². The number of hydrogen-bond donors (Lipinski definition) is 1. The van der Waals surface area contributed by atoms with Gasteiger partial charge in [0.1, 0.15) is 0 Å². The van der Waals surface area contributed by atoms with Crippen LogP contribution in [-0.4, -0.2) is 32.5 Å². The number of nitrogens with one attached hydrogen (secondary N) is 1. The Morgan fingerprint density at radius 2 is 2.10 bits per heavy atom. The molecule has 0 aliphatic carbocycles. The Morgan fingerprint density at radius 1 is 1.38 bits per heavy atom. The van der Waals surface area contributed by atoms with E-state index < -0.39 is 0 Å². The van der Waals surface area contributed by atoms with Crippen LogP contribution in [0.3, 0.4) is 0 Å². The molecule has 0 unspecified atom stereocenters. The van der Waals surface area contributed by atoms with Gasteiger partial charge in [-0.25, -0.2) is 0 Å². The molecule has 2 aromatic rings. The summed E-state index contributed by atoms with van der Waals surface area (Å²) >= 11 is 15.7. The van der Waals surface area contributed by atoms with Gasteiger partial charge in [-0.2, -0.15) is 0 Å². The topological polar surface area (TPSA) is 19.0 Å². The number of H-pyrrole nitrogens is 1. The van der Waals surface area contributed by atoms with Crippen LogP contribution in [0.2, 0.25) is 0 Å². The molecular formula is C14H14BrN2NaS3. The van der Waals surface area contributed by atoms with E-state index in [2.05, 4.69) is 50.2 Å². The third-order valence-corrected chi connectivity index (χ3v) is 6.01. The summed E-state index contributed by atoms with van der Waals surface area (Å²) in [6, 6.07) is 6.36. The molecule has 0 saturated carbocycles. The van der Waals surface area contributed by atoms with Crippen LogP contribution in [0.1, 0.15) is 12.8 Å². The van der Waals surface area contributed by atoms with E-state index in [0.717, 1.165) is 30.4 Å². The summed E-state index contributed by atoms with van der Waals surface area (Å²) in [4.78, 5) is 6.81. The van der Waals surface area contributed by atoms with E-state index in [9.17, 15) is 0 Å². The number of thioether (sulfide) groups is 1. The molecule has 1 fully saturated rings. The number of likely N-dealkylation sites (tertiary alicyclic amines) is 1. The van der Waals surface area contributed by atoms with Gasteiger partial charge in [0, 0.05) is 44.8 Å². The molecule has 1 aromatic carbocycles. The van der Waals surface area contributed by atoms with Crippen LogP contribution in [-0.2, 0) is 12.6 Å². The molecule has 0 spiro atoms. The maximum Gasteiger partial charge on any atom is 1.00 e. The zero-order valence-corrected chi connectivity index (χ0v) is 17.8. The molecule has 0 bridgehead atoms. The summed E-state index contributed by atoms with van der Waals surface area (Å²) in [6.07, 6.45) is 4.40. The van der Waals surface area contributed by atoms with Gasteiger partial charge in [0.2, 0.25) is 0 Å². The molecule has 0 radical (unpaired) electrons. The number of benzene rings is 1. The van der Waals surface area contributed by atoms with Gasteiger partial charge >= 0.3 is 29.6 Å². The van der Waals surface area contributed by atoms with Crippen molar-refractivity contribution in [3.63, 3.8) is 0 Å². The number of hydrogen-bond acceptors (Lipinski definition) is 3. The van der Waals surface area contributed by atoms with Crippen molar-refractivity contribution in [1.82, 2.24) is 9.88 Å². The van der Waals surface area contributed by atoms with Crippen molar-refractivity contribution in [1.29, 1.82) is 0 Å². The third kappa shape index (κ3) is 4.37. The van der Waals surface area contributed by atoms with Crippen molar-refractivity contribution in [2.75, 3.05) is 13.1 Å². The average Bonchev–Trinajstić information content (AvgIpc) is 2.82. The summed E-state index contributed by atoms with van der Waals surface area (Å²) in [7, 11) is 0. The molecule has 1 aliphatic heterocycles. The van der Waals surface area contributed by atoms with Crippen LogP contribution in [0.25, 0.3) is 10.9 Å². The molecule has 2 heterocycles. The normalized spacial score (nSPS) is 16.0. The predicted octanol–water partition coefficient (Wildman–Crippen LogP) is 1.32. The standard InChI is InChI=1S/C14H15BrN2S3.Na/c15-9-1-2-12-11(7-9)13(8-16-12)20-10-3-5-17(6-4-10)14(18)19;/h1-2,7-8,10,16H,3-6H2,(H,18,19);/q;+1/p-1.